The quantitative estimate of drug-likeness (QED) is 0.630. The van der Waals surface area contributed by atoms with Crippen LogP contribution in [-0.4, -0.2) is 36.6 Å². The van der Waals surface area contributed by atoms with E-state index in [-0.39, 0.29) is 5.16 Å². The van der Waals surface area contributed by atoms with Crippen molar-refractivity contribution in [2.24, 2.45) is 7.05 Å². The highest BCUT2D eigenvalue weighted by molar-refractivity contribution is 7.88. The van der Waals surface area contributed by atoms with Gasteiger partial charge in [0.15, 0.2) is 0 Å². The molecule has 0 unspecified atom stereocenters. The van der Waals surface area contributed by atoms with Gasteiger partial charge >= 0.3 is 0 Å². The van der Waals surface area contributed by atoms with Crippen LogP contribution >= 0.6 is 0 Å². The average Bonchev–Trinajstić information content (AvgIpc) is 2.50. The maximum Gasteiger partial charge on any atom is 0.298 e. The molecule has 0 aliphatic carbocycles. The first-order valence-electron chi connectivity index (χ1n) is 3.50. The molecule has 74 valence electrons. The van der Waals surface area contributed by atoms with E-state index in [0.717, 1.165) is 4.47 Å². The summed E-state index contributed by atoms with van der Waals surface area (Å²) < 4.78 is 25.3. The molecule has 0 aromatic carbocycles. The predicted molar refractivity (Wildman–Crippen MR) is 45.2 cm³/mol. The van der Waals surface area contributed by atoms with Crippen LogP contribution in [0.1, 0.15) is 0 Å². The smallest absolute Gasteiger partial charge is 0.298 e. The fraction of sp³-hybridized carbons (Fsp3) is 0.500. The van der Waals surface area contributed by atoms with Crippen molar-refractivity contribution in [2.75, 3.05) is 14.2 Å². The summed E-state index contributed by atoms with van der Waals surface area (Å²) in [5.41, 5.74) is 0. The Morgan fingerprint density at radius 2 is 2.23 bits per heavy atom. The Kier molecular flexibility index (Phi) is 2.69. The number of sulfonamides is 1. The Hall–Kier alpha value is -0.920. The number of rotatable bonds is 3. The highest BCUT2D eigenvalue weighted by Gasteiger charge is 2.24. The second-order valence-corrected chi connectivity index (χ2v) is 4.25. The molecule has 0 saturated carbocycles. The van der Waals surface area contributed by atoms with Crippen molar-refractivity contribution >= 4 is 10.0 Å². The Labute approximate surface area is 76.8 Å². The van der Waals surface area contributed by atoms with Crippen LogP contribution in [0.15, 0.2) is 17.6 Å². The van der Waals surface area contributed by atoms with Gasteiger partial charge in [-0.25, -0.2) is 13.4 Å². The number of imidazole rings is 1. The Bertz CT molecular complexity index is 384. The molecule has 7 heteroatoms. The fourth-order valence-corrected chi connectivity index (χ4v) is 1.86. The van der Waals surface area contributed by atoms with Crippen LogP contribution in [0, 0.1) is 0 Å². The topological polar surface area (TPSA) is 64.4 Å². The van der Waals surface area contributed by atoms with E-state index in [1.54, 1.807) is 13.2 Å². The number of aromatic nitrogens is 2. The third kappa shape index (κ3) is 1.71. The lowest BCUT2D eigenvalue weighted by molar-refractivity contribution is -0.0265. The van der Waals surface area contributed by atoms with Crippen LogP contribution in [0.3, 0.4) is 0 Å². The highest BCUT2D eigenvalue weighted by atomic mass is 32.2. The molecule has 0 aliphatic rings. The zero-order chi connectivity index (χ0) is 10.1. The lowest BCUT2D eigenvalue weighted by Crippen LogP contribution is -2.27. The first-order chi connectivity index (χ1) is 6.00. The molecule has 0 fully saturated rings. The molecule has 1 heterocycles. The van der Waals surface area contributed by atoms with E-state index < -0.39 is 10.0 Å². The lowest BCUT2D eigenvalue weighted by Gasteiger charge is -2.12. The Balaban J connectivity index is 3.16. The van der Waals surface area contributed by atoms with Crippen molar-refractivity contribution in [3.8, 4) is 0 Å². The summed E-state index contributed by atoms with van der Waals surface area (Å²) in [6.07, 6.45) is 2.97. The first kappa shape index (κ1) is 10.2. The molecule has 0 N–H and O–H groups in total. The van der Waals surface area contributed by atoms with Crippen molar-refractivity contribution in [2.45, 2.75) is 5.16 Å². The van der Waals surface area contributed by atoms with Gasteiger partial charge in [0.25, 0.3) is 10.0 Å². The van der Waals surface area contributed by atoms with Crippen LogP contribution in [-0.2, 0) is 21.9 Å². The van der Waals surface area contributed by atoms with Gasteiger partial charge in [-0.1, -0.05) is 4.47 Å². The highest BCUT2D eigenvalue weighted by Crippen LogP contribution is 2.09. The molecule has 0 aliphatic heterocycles. The number of hydrogen-bond acceptors (Lipinski definition) is 4. The summed E-state index contributed by atoms with van der Waals surface area (Å²) in [5.74, 6) is 0. The molecule has 0 amide bonds. The number of aryl methyl sites for hydroxylation is 1. The lowest BCUT2D eigenvalue weighted by atomic mass is 10.9. The van der Waals surface area contributed by atoms with E-state index in [4.69, 9.17) is 0 Å². The molecule has 0 atom stereocenters. The Morgan fingerprint density at radius 1 is 1.62 bits per heavy atom. The normalized spacial score (nSPS) is 12.3. The summed E-state index contributed by atoms with van der Waals surface area (Å²) >= 11 is 0. The van der Waals surface area contributed by atoms with Crippen LogP contribution in [0.2, 0.25) is 0 Å². The van der Waals surface area contributed by atoms with Crippen LogP contribution in [0.5, 0.6) is 0 Å². The summed E-state index contributed by atoms with van der Waals surface area (Å²) in [7, 11) is 0.575. The molecule has 6 nitrogen and oxygen atoms in total. The fourth-order valence-electron chi connectivity index (χ4n) is 0.814. The maximum atomic E-state index is 11.6. The molecule has 0 radical (unpaired) electrons. The summed E-state index contributed by atoms with van der Waals surface area (Å²) in [5, 5.41) is -0.0446. The molecule has 1 aromatic heterocycles. The largest absolute Gasteiger partial charge is 0.324 e. The molecule has 1 rings (SSSR count). The average molecular weight is 205 g/mol. The molecule has 0 saturated heterocycles. The summed E-state index contributed by atoms with van der Waals surface area (Å²) in [4.78, 5) is 8.30. The summed E-state index contributed by atoms with van der Waals surface area (Å²) in [6.45, 7) is 0. The van der Waals surface area contributed by atoms with E-state index in [1.165, 1.54) is 24.9 Å². The standard InChI is InChI=1S/C6H11N3O3S/c1-8-5-4-7-6(8)13(10,11)9(2)12-3/h4-5H,1-3H3. The van der Waals surface area contributed by atoms with Gasteiger partial charge in [0, 0.05) is 26.5 Å². The van der Waals surface area contributed by atoms with E-state index in [0.29, 0.717) is 0 Å². The van der Waals surface area contributed by atoms with Crippen molar-refractivity contribution in [3.05, 3.63) is 12.4 Å². The third-order valence-corrected chi connectivity index (χ3v) is 3.28. The number of hydroxylamine groups is 1. The predicted octanol–water partition coefficient (Wildman–Crippen LogP) is -0.398. The minimum atomic E-state index is -3.61. The van der Waals surface area contributed by atoms with Crippen molar-refractivity contribution in [1.82, 2.24) is 14.0 Å². The van der Waals surface area contributed by atoms with E-state index in [2.05, 4.69) is 9.82 Å². The molecule has 0 spiro atoms. The van der Waals surface area contributed by atoms with Crippen LogP contribution in [0.4, 0.5) is 0 Å². The van der Waals surface area contributed by atoms with E-state index >= 15 is 0 Å². The van der Waals surface area contributed by atoms with Gasteiger partial charge in [-0.3, -0.25) is 4.84 Å². The number of nitrogens with zero attached hydrogens (tertiary/aromatic N) is 3. The summed E-state index contributed by atoms with van der Waals surface area (Å²) in [6, 6.07) is 0. The molecule has 1 aromatic rings. The molecule has 0 bridgehead atoms. The SMILES string of the molecule is CON(C)S(=O)(=O)c1nccn1C. The number of hydrogen-bond donors (Lipinski definition) is 0. The van der Waals surface area contributed by atoms with E-state index in [1.807, 2.05) is 0 Å². The van der Waals surface area contributed by atoms with Gasteiger partial charge in [-0.2, -0.15) is 0 Å². The second kappa shape index (κ2) is 3.44. The monoisotopic (exact) mass is 205 g/mol. The van der Waals surface area contributed by atoms with Crippen LogP contribution in [0.25, 0.3) is 0 Å². The van der Waals surface area contributed by atoms with Crippen molar-refractivity contribution in [3.63, 3.8) is 0 Å². The Morgan fingerprint density at radius 3 is 2.62 bits per heavy atom. The molecular formula is C6H11N3O3S. The zero-order valence-electron chi connectivity index (χ0n) is 7.63. The first-order valence-corrected chi connectivity index (χ1v) is 4.94. The minimum absolute atomic E-state index is 0.0446. The maximum absolute atomic E-state index is 11.6. The van der Waals surface area contributed by atoms with Crippen molar-refractivity contribution < 1.29 is 13.3 Å². The second-order valence-electron chi connectivity index (χ2n) is 2.42. The van der Waals surface area contributed by atoms with Gasteiger partial charge in [0.05, 0.1) is 7.11 Å². The van der Waals surface area contributed by atoms with E-state index in [9.17, 15) is 8.42 Å². The molecule has 13 heavy (non-hydrogen) atoms. The zero-order valence-corrected chi connectivity index (χ0v) is 8.45. The van der Waals surface area contributed by atoms with Gasteiger partial charge < -0.3 is 4.57 Å². The van der Waals surface area contributed by atoms with Gasteiger partial charge in [0.2, 0.25) is 5.16 Å². The minimum Gasteiger partial charge on any atom is -0.324 e. The third-order valence-electron chi connectivity index (χ3n) is 1.60. The van der Waals surface area contributed by atoms with Crippen molar-refractivity contribution in [1.29, 1.82) is 0 Å². The van der Waals surface area contributed by atoms with Gasteiger partial charge in [-0.15, -0.1) is 0 Å². The van der Waals surface area contributed by atoms with Gasteiger partial charge in [-0.05, 0) is 0 Å². The molecular weight excluding hydrogens is 194 g/mol. The van der Waals surface area contributed by atoms with Crippen LogP contribution < -0.4 is 0 Å². The van der Waals surface area contributed by atoms with Gasteiger partial charge in [0.1, 0.15) is 0 Å².